The summed E-state index contributed by atoms with van der Waals surface area (Å²) in [7, 11) is 4.72. The van der Waals surface area contributed by atoms with Crippen molar-refractivity contribution in [1.29, 1.82) is 0 Å². The third-order valence-electron chi connectivity index (χ3n) is 5.31. The standard InChI is InChI=1S/C25H31NO6/c1-5-7-18-13-19(14-23(29-3)24(18)30-4)25(27)26-15-17-9-10-21(22(12-17)28-2)32-16-20-8-6-11-31-20/h5,9-10,12-14,20H,1,6-8,11,15-16H2,2-4H3,(H,26,27). The van der Waals surface area contributed by atoms with E-state index in [1.165, 1.54) is 0 Å². The second-order valence-corrected chi connectivity index (χ2v) is 7.48. The van der Waals surface area contributed by atoms with Crippen LogP contribution in [0.4, 0.5) is 0 Å². The Morgan fingerprint density at radius 1 is 1.12 bits per heavy atom. The van der Waals surface area contributed by atoms with Crippen LogP contribution in [-0.2, 0) is 17.7 Å². The number of carbonyl (C=O) groups is 1. The van der Waals surface area contributed by atoms with Gasteiger partial charge in [0.2, 0.25) is 0 Å². The van der Waals surface area contributed by atoms with Gasteiger partial charge in [0.1, 0.15) is 6.61 Å². The largest absolute Gasteiger partial charge is 0.493 e. The molecule has 0 spiro atoms. The Morgan fingerprint density at radius 3 is 2.59 bits per heavy atom. The Bertz CT molecular complexity index is 936. The van der Waals surface area contributed by atoms with Gasteiger partial charge in [-0.25, -0.2) is 0 Å². The Morgan fingerprint density at radius 2 is 1.94 bits per heavy atom. The van der Waals surface area contributed by atoms with Gasteiger partial charge in [-0.3, -0.25) is 4.79 Å². The minimum Gasteiger partial charge on any atom is -0.493 e. The number of hydrogen-bond acceptors (Lipinski definition) is 6. The number of allylic oxidation sites excluding steroid dienone is 1. The molecule has 0 radical (unpaired) electrons. The van der Waals surface area contributed by atoms with Crippen molar-refractivity contribution in [3.8, 4) is 23.0 Å². The Kier molecular flexibility index (Phi) is 8.39. The molecular weight excluding hydrogens is 410 g/mol. The van der Waals surface area contributed by atoms with Crippen LogP contribution in [0.2, 0.25) is 0 Å². The van der Waals surface area contributed by atoms with Crippen LogP contribution in [0.15, 0.2) is 43.0 Å². The summed E-state index contributed by atoms with van der Waals surface area (Å²) in [6, 6.07) is 9.09. The van der Waals surface area contributed by atoms with E-state index in [0.29, 0.717) is 48.1 Å². The highest BCUT2D eigenvalue weighted by molar-refractivity contribution is 5.95. The molecule has 0 bridgehead atoms. The third kappa shape index (κ3) is 5.73. The van der Waals surface area contributed by atoms with E-state index in [4.69, 9.17) is 23.7 Å². The molecular formula is C25H31NO6. The molecule has 7 nitrogen and oxygen atoms in total. The highest BCUT2D eigenvalue weighted by Crippen LogP contribution is 2.33. The summed E-state index contributed by atoms with van der Waals surface area (Å²) in [5.74, 6) is 2.17. The van der Waals surface area contributed by atoms with Crippen molar-refractivity contribution in [1.82, 2.24) is 5.32 Å². The summed E-state index contributed by atoms with van der Waals surface area (Å²) in [5, 5.41) is 2.94. The maximum atomic E-state index is 12.8. The summed E-state index contributed by atoms with van der Waals surface area (Å²) in [6.07, 6.45) is 4.53. The van der Waals surface area contributed by atoms with Gasteiger partial charge in [-0.1, -0.05) is 12.1 Å². The molecule has 3 rings (SSSR count). The molecule has 1 N–H and O–H groups in total. The first kappa shape index (κ1) is 23.5. The predicted octanol–water partition coefficient (Wildman–Crippen LogP) is 3.93. The lowest BCUT2D eigenvalue weighted by Gasteiger charge is -2.16. The number of carbonyl (C=O) groups excluding carboxylic acids is 1. The van der Waals surface area contributed by atoms with Gasteiger partial charge in [-0.15, -0.1) is 6.58 Å². The molecule has 0 aliphatic carbocycles. The van der Waals surface area contributed by atoms with E-state index in [1.54, 1.807) is 39.5 Å². The zero-order chi connectivity index (χ0) is 22.9. The normalized spacial score (nSPS) is 15.2. The molecule has 1 fully saturated rings. The lowest BCUT2D eigenvalue weighted by molar-refractivity contribution is 0.0669. The van der Waals surface area contributed by atoms with Crippen molar-refractivity contribution < 1.29 is 28.5 Å². The summed E-state index contributed by atoms with van der Waals surface area (Å²) in [4.78, 5) is 12.8. The monoisotopic (exact) mass is 441 g/mol. The lowest BCUT2D eigenvalue weighted by Crippen LogP contribution is -2.23. The van der Waals surface area contributed by atoms with Crippen LogP contribution >= 0.6 is 0 Å². The number of benzene rings is 2. The van der Waals surface area contributed by atoms with Crippen LogP contribution in [0.1, 0.15) is 34.3 Å². The average molecular weight is 442 g/mol. The van der Waals surface area contributed by atoms with Gasteiger partial charge >= 0.3 is 0 Å². The lowest BCUT2D eigenvalue weighted by atomic mass is 10.0. The highest BCUT2D eigenvalue weighted by atomic mass is 16.5. The van der Waals surface area contributed by atoms with E-state index in [1.807, 2.05) is 18.2 Å². The van der Waals surface area contributed by atoms with Crippen LogP contribution in [-0.4, -0.2) is 46.6 Å². The van der Waals surface area contributed by atoms with E-state index < -0.39 is 0 Å². The molecule has 1 aliphatic rings. The maximum Gasteiger partial charge on any atom is 0.251 e. The van der Waals surface area contributed by atoms with Gasteiger partial charge in [-0.05, 0) is 49.1 Å². The number of rotatable bonds is 11. The van der Waals surface area contributed by atoms with Gasteiger partial charge < -0.3 is 29.0 Å². The molecule has 7 heteroatoms. The van der Waals surface area contributed by atoms with Gasteiger partial charge in [-0.2, -0.15) is 0 Å². The second-order valence-electron chi connectivity index (χ2n) is 7.48. The predicted molar refractivity (Wildman–Crippen MR) is 122 cm³/mol. The first-order valence-electron chi connectivity index (χ1n) is 10.6. The smallest absolute Gasteiger partial charge is 0.251 e. The van der Waals surface area contributed by atoms with Crippen molar-refractivity contribution >= 4 is 5.91 Å². The van der Waals surface area contributed by atoms with E-state index in [2.05, 4.69) is 11.9 Å². The van der Waals surface area contributed by atoms with E-state index in [9.17, 15) is 4.79 Å². The molecule has 1 amide bonds. The second kappa shape index (κ2) is 11.4. The van der Waals surface area contributed by atoms with Crippen LogP contribution in [0.3, 0.4) is 0 Å². The number of methoxy groups -OCH3 is 3. The molecule has 1 aliphatic heterocycles. The summed E-state index contributed by atoms with van der Waals surface area (Å²) >= 11 is 0. The van der Waals surface area contributed by atoms with Crippen LogP contribution < -0.4 is 24.3 Å². The van der Waals surface area contributed by atoms with Crippen LogP contribution in [0, 0.1) is 0 Å². The Balaban J connectivity index is 1.67. The van der Waals surface area contributed by atoms with Crippen molar-refractivity contribution in [2.75, 3.05) is 34.5 Å². The Labute approximate surface area is 189 Å². The highest BCUT2D eigenvalue weighted by Gasteiger charge is 2.18. The van der Waals surface area contributed by atoms with Crippen LogP contribution in [0.25, 0.3) is 0 Å². The Hall–Kier alpha value is -3.19. The summed E-state index contributed by atoms with van der Waals surface area (Å²) in [6.45, 7) is 5.40. The zero-order valence-electron chi connectivity index (χ0n) is 18.9. The molecule has 1 heterocycles. The first-order valence-corrected chi connectivity index (χ1v) is 10.6. The van der Waals surface area contributed by atoms with Crippen molar-refractivity contribution in [2.24, 2.45) is 0 Å². The number of amides is 1. The molecule has 2 aromatic carbocycles. The van der Waals surface area contributed by atoms with E-state index in [-0.39, 0.29) is 12.0 Å². The zero-order valence-corrected chi connectivity index (χ0v) is 18.9. The average Bonchev–Trinajstić information content (AvgIpc) is 3.34. The van der Waals surface area contributed by atoms with Gasteiger partial charge in [0.25, 0.3) is 5.91 Å². The maximum absolute atomic E-state index is 12.8. The molecule has 0 aromatic heterocycles. The molecule has 1 atom stereocenters. The fraction of sp³-hybridized carbons (Fsp3) is 0.400. The van der Waals surface area contributed by atoms with Gasteiger partial charge in [0, 0.05) is 24.3 Å². The molecule has 172 valence electrons. The molecule has 1 unspecified atom stereocenters. The quantitative estimate of drug-likeness (QED) is 0.533. The fourth-order valence-corrected chi connectivity index (χ4v) is 3.67. The number of ether oxygens (including phenoxy) is 5. The minimum absolute atomic E-state index is 0.131. The van der Waals surface area contributed by atoms with Gasteiger partial charge in [0.15, 0.2) is 23.0 Å². The molecule has 32 heavy (non-hydrogen) atoms. The number of nitrogens with one attached hydrogen (secondary N) is 1. The van der Waals surface area contributed by atoms with Crippen LogP contribution in [0.5, 0.6) is 23.0 Å². The number of hydrogen-bond donors (Lipinski definition) is 1. The van der Waals surface area contributed by atoms with Crippen molar-refractivity contribution in [3.05, 3.63) is 59.7 Å². The molecule has 0 saturated carbocycles. The first-order chi connectivity index (χ1) is 15.6. The fourth-order valence-electron chi connectivity index (χ4n) is 3.67. The van der Waals surface area contributed by atoms with E-state index in [0.717, 1.165) is 30.6 Å². The van der Waals surface area contributed by atoms with Crippen molar-refractivity contribution in [3.63, 3.8) is 0 Å². The SMILES string of the molecule is C=CCc1cc(C(=O)NCc2ccc(OCC3CCCO3)c(OC)c2)cc(OC)c1OC. The molecule has 2 aromatic rings. The van der Waals surface area contributed by atoms with E-state index >= 15 is 0 Å². The minimum atomic E-state index is -0.214. The van der Waals surface area contributed by atoms with Gasteiger partial charge in [0.05, 0.1) is 27.4 Å². The molecule has 1 saturated heterocycles. The van der Waals surface area contributed by atoms with Crippen molar-refractivity contribution in [2.45, 2.75) is 31.9 Å². The topological polar surface area (TPSA) is 75.3 Å². The third-order valence-corrected chi connectivity index (χ3v) is 5.31. The summed E-state index contributed by atoms with van der Waals surface area (Å²) in [5.41, 5.74) is 2.22. The summed E-state index contributed by atoms with van der Waals surface area (Å²) < 4.78 is 27.8.